The van der Waals surface area contributed by atoms with Gasteiger partial charge in [-0.2, -0.15) is 0 Å². The summed E-state index contributed by atoms with van der Waals surface area (Å²) in [6.45, 7) is 6.00. The van der Waals surface area contributed by atoms with Crippen molar-refractivity contribution in [3.63, 3.8) is 0 Å². The molecule has 1 aliphatic heterocycles. The van der Waals surface area contributed by atoms with Crippen molar-refractivity contribution in [2.75, 3.05) is 19.6 Å². The van der Waals surface area contributed by atoms with Crippen LogP contribution in [0.3, 0.4) is 0 Å². The van der Waals surface area contributed by atoms with E-state index in [1.165, 1.54) is 38.9 Å². The van der Waals surface area contributed by atoms with Crippen molar-refractivity contribution in [2.45, 2.75) is 38.3 Å². The van der Waals surface area contributed by atoms with Crippen LogP contribution in [0.4, 0.5) is 0 Å². The third-order valence-corrected chi connectivity index (χ3v) is 2.88. The average Bonchev–Trinajstić information content (AvgIpc) is 2.87. The van der Waals surface area contributed by atoms with E-state index >= 15 is 0 Å². The van der Waals surface area contributed by atoms with Gasteiger partial charge in [0.2, 0.25) is 0 Å². The van der Waals surface area contributed by atoms with Crippen molar-refractivity contribution in [1.82, 2.24) is 10.2 Å². The number of nitrogens with zero attached hydrogens (tertiary/aromatic N) is 1. The van der Waals surface area contributed by atoms with Gasteiger partial charge in [0.15, 0.2) is 0 Å². The molecule has 2 fully saturated rings. The Bertz CT molecular complexity index is 132. The van der Waals surface area contributed by atoms with E-state index in [4.69, 9.17) is 0 Å². The molecule has 1 aliphatic carbocycles. The second-order valence-corrected chi connectivity index (χ2v) is 3.74. The Kier molecular flexibility index (Phi) is 2.14. The SMILES string of the molecule is CCC1CNCCN1C1CC1. The smallest absolute Gasteiger partial charge is 0.0221 e. The highest BCUT2D eigenvalue weighted by Crippen LogP contribution is 2.29. The lowest BCUT2D eigenvalue weighted by molar-refractivity contribution is 0.148. The van der Waals surface area contributed by atoms with E-state index in [1.807, 2.05) is 0 Å². The summed E-state index contributed by atoms with van der Waals surface area (Å²) in [5.74, 6) is 0. The predicted octanol–water partition coefficient (Wildman–Crippen LogP) is 0.833. The third-order valence-electron chi connectivity index (χ3n) is 2.88. The standard InChI is InChI=1S/C9H18N2/c1-2-8-7-10-5-6-11(8)9-3-4-9/h8-10H,2-7H2,1H3. The molecule has 1 heterocycles. The number of hydrogen-bond donors (Lipinski definition) is 1. The molecule has 64 valence electrons. The zero-order valence-electron chi connectivity index (χ0n) is 7.34. The summed E-state index contributed by atoms with van der Waals surface area (Å²) in [7, 11) is 0. The van der Waals surface area contributed by atoms with Crippen LogP contribution in [-0.4, -0.2) is 36.6 Å². The van der Waals surface area contributed by atoms with Crippen molar-refractivity contribution < 1.29 is 0 Å². The zero-order chi connectivity index (χ0) is 7.68. The molecule has 0 aromatic carbocycles. The molecule has 1 unspecified atom stereocenters. The maximum Gasteiger partial charge on any atom is 0.0221 e. The van der Waals surface area contributed by atoms with Gasteiger partial charge < -0.3 is 5.32 Å². The van der Waals surface area contributed by atoms with Gasteiger partial charge in [0, 0.05) is 31.7 Å². The number of rotatable bonds is 2. The quantitative estimate of drug-likeness (QED) is 0.634. The van der Waals surface area contributed by atoms with Crippen molar-refractivity contribution in [3.05, 3.63) is 0 Å². The minimum atomic E-state index is 0.830. The first kappa shape index (κ1) is 7.56. The van der Waals surface area contributed by atoms with E-state index in [9.17, 15) is 0 Å². The Morgan fingerprint density at radius 2 is 2.27 bits per heavy atom. The average molecular weight is 154 g/mol. The number of piperazine rings is 1. The van der Waals surface area contributed by atoms with E-state index < -0.39 is 0 Å². The predicted molar refractivity (Wildman–Crippen MR) is 46.7 cm³/mol. The Hall–Kier alpha value is -0.0800. The highest BCUT2D eigenvalue weighted by molar-refractivity contribution is 4.91. The van der Waals surface area contributed by atoms with E-state index in [0.29, 0.717) is 0 Å². The molecule has 2 nitrogen and oxygen atoms in total. The van der Waals surface area contributed by atoms with Crippen molar-refractivity contribution >= 4 is 0 Å². The summed E-state index contributed by atoms with van der Waals surface area (Å²) in [6, 6.07) is 1.79. The Morgan fingerprint density at radius 3 is 2.91 bits per heavy atom. The fourth-order valence-electron chi connectivity index (χ4n) is 2.04. The largest absolute Gasteiger partial charge is 0.314 e. The van der Waals surface area contributed by atoms with E-state index in [-0.39, 0.29) is 0 Å². The molecule has 1 atom stereocenters. The minimum Gasteiger partial charge on any atom is -0.314 e. The molecule has 0 spiro atoms. The van der Waals surface area contributed by atoms with Gasteiger partial charge in [-0.3, -0.25) is 4.90 Å². The first-order valence-corrected chi connectivity index (χ1v) is 4.88. The first-order valence-electron chi connectivity index (χ1n) is 4.88. The Balaban J connectivity index is 1.91. The van der Waals surface area contributed by atoms with Gasteiger partial charge in [0.25, 0.3) is 0 Å². The zero-order valence-corrected chi connectivity index (χ0v) is 7.34. The summed E-state index contributed by atoms with van der Waals surface area (Å²) in [5, 5.41) is 3.46. The normalized spacial score (nSPS) is 34.1. The molecule has 11 heavy (non-hydrogen) atoms. The second kappa shape index (κ2) is 3.11. The minimum absolute atomic E-state index is 0.830. The monoisotopic (exact) mass is 154 g/mol. The van der Waals surface area contributed by atoms with Gasteiger partial charge in [-0.05, 0) is 19.3 Å². The Labute approximate surface area is 69.0 Å². The van der Waals surface area contributed by atoms with Gasteiger partial charge in [0.1, 0.15) is 0 Å². The number of hydrogen-bond acceptors (Lipinski definition) is 2. The molecule has 2 aliphatic rings. The lowest BCUT2D eigenvalue weighted by Crippen LogP contribution is -2.51. The van der Waals surface area contributed by atoms with Crippen LogP contribution in [0, 0.1) is 0 Å². The van der Waals surface area contributed by atoms with Crippen LogP contribution < -0.4 is 5.32 Å². The summed E-state index contributed by atoms with van der Waals surface area (Å²) in [5.41, 5.74) is 0. The maximum absolute atomic E-state index is 3.46. The molecule has 0 radical (unpaired) electrons. The maximum atomic E-state index is 3.46. The molecule has 1 N–H and O–H groups in total. The van der Waals surface area contributed by atoms with Gasteiger partial charge in [0.05, 0.1) is 0 Å². The van der Waals surface area contributed by atoms with E-state index in [2.05, 4.69) is 17.1 Å². The van der Waals surface area contributed by atoms with Crippen LogP contribution in [0.5, 0.6) is 0 Å². The van der Waals surface area contributed by atoms with Crippen molar-refractivity contribution in [1.29, 1.82) is 0 Å². The molecule has 2 heteroatoms. The van der Waals surface area contributed by atoms with E-state index in [1.54, 1.807) is 0 Å². The fraction of sp³-hybridized carbons (Fsp3) is 1.00. The highest BCUT2D eigenvalue weighted by atomic mass is 15.3. The van der Waals surface area contributed by atoms with Crippen molar-refractivity contribution in [3.8, 4) is 0 Å². The van der Waals surface area contributed by atoms with Crippen LogP contribution in [0.1, 0.15) is 26.2 Å². The molecule has 0 bridgehead atoms. The molecule has 1 saturated carbocycles. The summed E-state index contributed by atoms with van der Waals surface area (Å²) < 4.78 is 0. The summed E-state index contributed by atoms with van der Waals surface area (Å²) >= 11 is 0. The van der Waals surface area contributed by atoms with Crippen LogP contribution in [0.25, 0.3) is 0 Å². The summed E-state index contributed by atoms with van der Waals surface area (Å²) in [4.78, 5) is 2.70. The van der Waals surface area contributed by atoms with Crippen molar-refractivity contribution in [2.24, 2.45) is 0 Å². The van der Waals surface area contributed by atoms with Crippen LogP contribution in [-0.2, 0) is 0 Å². The van der Waals surface area contributed by atoms with Gasteiger partial charge in [-0.25, -0.2) is 0 Å². The van der Waals surface area contributed by atoms with Crippen LogP contribution >= 0.6 is 0 Å². The van der Waals surface area contributed by atoms with Crippen LogP contribution in [0.2, 0.25) is 0 Å². The van der Waals surface area contributed by atoms with Gasteiger partial charge >= 0.3 is 0 Å². The third kappa shape index (κ3) is 1.57. The molecule has 1 saturated heterocycles. The molecule has 0 aromatic rings. The molecule has 2 rings (SSSR count). The molecular formula is C9H18N2. The molecular weight excluding hydrogens is 136 g/mol. The lowest BCUT2D eigenvalue weighted by Gasteiger charge is -2.35. The first-order chi connectivity index (χ1) is 5.42. The second-order valence-electron chi connectivity index (χ2n) is 3.74. The topological polar surface area (TPSA) is 15.3 Å². The fourth-order valence-corrected chi connectivity index (χ4v) is 2.04. The van der Waals surface area contributed by atoms with Gasteiger partial charge in [-0.15, -0.1) is 0 Å². The van der Waals surface area contributed by atoms with Crippen LogP contribution in [0.15, 0.2) is 0 Å². The van der Waals surface area contributed by atoms with E-state index in [0.717, 1.165) is 12.1 Å². The Morgan fingerprint density at radius 1 is 1.45 bits per heavy atom. The summed E-state index contributed by atoms with van der Waals surface area (Å²) in [6.07, 6.45) is 4.22. The van der Waals surface area contributed by atoms with Gasteiger partial charge in [-0.1, -0.05) is 6.92 Å². The molecule has 0 aromatic heterocycles. The number of nitrogens with one attached hydrogen (secondary N) is 1. The highest BCUT2D eigenvalue weighted by Gasteiger charge is 2.34. The molecule has 0 amide bonds. The lowest BCUT2D eigenvalue weighted by atomic mass is 10.1.